The fraction of sp³-hybridized carbons (Fsp3) is 0.208. The van der Waals surface area contributed by atoms with Gasteiger partial charge in [0.1, 0.15) is 6.17 Å². The number of nitrogens with zero attached hydrogens (tertiary/aromatic N) is 1. The number of hydrogen-bond donors (Lipinski definition) is 1. The lowest BCUT2D eigenvalue weighted by Crippen LogP contribution is -2.42. The van der Waals surface area contributed by atoms with Gasteiger partial charge in [-0.3, -0.25) is 4.79 Å². The first-order chi connectivity index (χ1) is 14.7. The first-order valence-electron chi connectivity index (χ1n) is 9.67. The highest BCUT2D eigenvalue weighted by Crippen LogP contribution is 2.45. The van der Waals surface area contributed by atoms with E-state index in [4.69, 9.17) is 14.2 Å². The van der Waals surface area contributed by atoms with Crippen molar-refractivity contribution in [3.8, 4) is 17.2 Å². The Morgan fingerprint density at radius 2 is 1.53 bits per heavy atom. The Hall–Kier alpha value is -3.67. The van der Waals surface area contributed by atoms with Crippen molar-refractivity contribution in [2.75, 3.05) is 26.6 Å². The van der Waals surface area contributed by atoms with Gasteiger partial charge in [-0.15, -0.1) is 0 Å². The third-order valence-corrected chi connectivity index (χ3v) is 5.25. The van der Waals surface area contributed by atoms with E-state index in [1.807, 2.05) is 66.7 Å². The van der Waals surface area contributed by atoms with E-state index >= 15 is 0 Å². The van der Waals surface area contributed by atoms with Gasteiger partial charge in [-0.25, -0.2) is 0 Å². The molecule has 1 N–H and O–H groups in total. The fourth-order valence-corrected chi connectivity index (χ4v) is 3.82. The smallest absolute Gasteiger partial charge is 0.258 e. The fourth-order valence-electron chi connectivity index (χ4n) is 3.82. The predicted octanol–water partition coefficient (Wildman–Crippen LogP) is 4.48. The molecule has 0 saturated carbocycles. The summed E-state index contributed by atoms with van der Waals surface area (Å²) in [6.07, 6.45) is -0.442. The van der Waals surface area contributed by atoms with Crippen molar-refractivity contribution >= 4 is 11.6 Å². The maximum atomic E-state index is 13.5. The van der Waals surface area contributed by atoms with Gasteiger partial charge >= 0.3 is 0 Å². The van der Waals surface area contributed by atoms with Crippen LogP contribution in [0, 0.1) is 0 Å². The highest BCUT2D eigenvalue weighted by molar-refractivity contribution is 6.01. The normalized spacial score (nSPS) is 15.2. The molecule has 1 amide bonds. The molecule has 0 radical (unpaired) electrons. The molecule has 4 rings (SSSR count). The monoisotopic (exact) mass is 404 g/mol. The number of carbonyl (C=O) groups is 1. The molecule has 6 nitrogen and oxygen atoms in total. The summed E-state index contributed by atoms with van der Waals surface area (Å²) >= 11 is 0. The Balaban J connectivity index is 1.84. The van der Waals surface area contributed by atoms with Gasteiger partial charge in [0.25, 0.3) is 5.91 Å². The van der Waals surface area contributed by atoms with Crippen molar-refractivity contribution in [3.63, 3.8) is 0 Å². The summed E-state index contributed by atoms with van der Waals surface area (Å²) < 4.78 is 16.7. The van der Waals surface area contributed by atoms with E-state index < -0.39 is 6.17 Å². The van der Waals surface area contributed by atoms with Gasteiger partial charge in [0, 0.05) is 17.8 Å². The number of methoxy groups -OCH3 is 3. The number of anilines is 1. The van der Waals surface area contributed by atoms with Crippen LogP contribution in [-0.4, -0.2) is 32.1 Å². The molecule has 6 heteroatoms. The summed E-state index contributed by atoms with van der Waals surface area (Å²) in [4.78, 5) is 15.3. The van der Waals surface area contributed by atoms with Crippen LogP contribution in [0.1, 0.15) is 27.7 Å². The molecule has 0 aromatic heterocycles. The van der Waals surface area contributed by atoms with Crippen molar-refractivity contribution in [3.05, 3.63) is 83.4 Å². The molecule has 1 aliphatic heterocycles. The molecular formula is C24H24N2O4. The van der Waals surface area contributed by atoms with Gasteiger partial charge in [-0.2, -0.15) is 0 Å². The zero-order chi connectivity index (χ0) is 21.1. The minimum Gasteiger partial charge on any atom is -0.493 e. The minimum absolute atomic E-state index is 0.0463. The lowest BCUT2D eigenvalue weighted by molar-refractivity contribution is 0.0664. The van der Waals surface area contributed by atoms with Gasteiger partial charge in [0.15, 0.2) is 11.5 Å². The first kappa shape index (κ1) is 19.6. The quantitative estimate of drug-likeness (QED) is 0.656. The molecule has 3 aromatic carbocycles. The third-order valence-electron chi connectivity index (χ3n) is 5.25. The van der Waals surface area contributed by atoms with Gasteiger partial charge in [0.05, 0.1) is 26.9 Å². The average Bonchev–Trinajstić information content (AvgIpc) is 2.80. The Kier molecular flexibility index (Phi) is 5.48. The lowest BCUT2D eigenvalue weighted by atomic mass is 10.0. The van der Waals surface area contributed by atoms with E-state index in [2.05, 4.69) is 5.32 Å². The Labute approximate surface area is 176 Å². The summed E-state index contributed by atoms with van der Waals surface area (Å²) in [7, 11) is 4.73. The van der Waals surface area contributed by atoms with Gasteiger partial charge in [-0.05, 0) is 29.8 Å². The number of fused-ring (bicyclic) bond motifs is 1. The number of amides is 1. The second-order valence-electron chi connectivity index (χ2n) is 6.93. The van der Waals surface area contributed by atoms with Crippen LogP contribution < -0.4 is 19.5 Å². The largest absolute Gasteiger partial charge is 0.493 e. The zero-order valence-corrected chi connectivity index (χ0v) is 17.2. The second kappa shape index (κ2) is 8.37. The standard InChI is InChI=1S/C24H24N2O4/c1-28-20-14-13-18(21(29-2)22(20)30-3)23-25-19-12-8-7-11-17(19)24(27)26(23)15-16-9-5-4-6-10-16/h4-14,23,25H,15H2,1-3H3/t23-/m1/s1. The van der Waals surface area contributed by atoms with Crippen LogP contribution in [-0.2, 0) is 6.54 Å². The molecule has 154 valence electrons. The first-order valence-corrected chi connectivity index (χ1v) is 9.67. The van der Waals surface area contributed by atoms with Crippen LogP contribution in [0.5, 0.6) is 17.2 Å². The molecule has 1 heterocycles. The maximum Gasteiger partial charge on any atom is 0.258 e. The maximum absolute atomic E-state index is 13.5. The molecule has 1 atom stereocenters. The van der Waals surface area contributed by atoms with E-state index in [0.29, 0.717) is 29.4 Å². The highest BCUT2D eigenvalue weighted by atomic mass is 16.5. The number of nitrogens with one attached hydrogen (secondary N) is 1. The van der Waals surface area contributed by atoms with E-state index in [1.54, 1.807) is 26.2 Å². The second-order valence-corrected chi connectivity index (χ2v) is 6.93. The van der Waals surface area contributed by atoms with E-state index in [-0.39, 0.29) is 5.91 Å². The zero-order valence-electron chi connectivity index (χ0n) is 17.2. The van der Waals surface area contributed by atoms with Crippen LogP contribution in [0.4, 0.5) is 5.69 Å². The molecular weight excluding hydrogens is 380 g/mol. The van der Waals surface area contributed by atoms with Crippen molar-refractivity contribution in [2.45, 2.75) is 12.7 Å². The molecule has 0 spiro atoms. The Morgan fingerprint density at radius 1 is 0.833 bits per heavy atom. The Bertz CT molecular complexity index is 1050. The van der Waals surface area contributed by atoms with Gasteiger partial charge in [0.2, 0.25) is 5.75 Å². The van der Waals surface area contributed by atoms with Crippen LogP contribution in [0.15, 0.2) is 66.7 Å². The Morgan fingerprint density at radius 3 is 2.23 bits per heavy atom. The third kappa shape index (κ3) is 3.41. The average molecular weight is 404 g/mol. The molecule has 1 aliphatic rings. The van der Waals surface area contributed by atoms with Gasteiger partial charge < -0.3 is 24.4 Å². The molecule has 0 bridgehead atoms. The van der Waals surface area contributed by atoms with Crippen LogP contribution >= 0.6 is 0 Å². The highest BCUT2D eigenvalue weighted by Gasteiger charge is 2.35. The summed E-state index contributed by atoms with van der Waals surface area (Å²) in [6, 6.07) is 21.2. The number of benzene rings is 3. The number of hydrogen-bond acceptors (Lipinski definition) is 5. The number of rotatable bonds is 6. The van der Waals surface area contributed by atoms with Crippen molar-refractivity contribution < 1.29 is 19.0 Å². The molecule has 3 aromatic rings. The lowest BCUT2D eigenvalue weighted by Gasteiger charge is -2.39. The van der Waals surface area contributed by atoms with Crippen molar-refractivity contribution in [1.82, 2.24) is 4.90 Å². The van der Waals surface area contributed by atoms with Crippen LogP contribution in [0.3, 0.4) is 0 Å². The van der Waals surface area contributed by atoms with Gasteiger partial charge in [-0.1, -0.05) is 42.5 Å². The topological polar surface area (TPSA) is 60.0 Å². The van der Waals surface area contributed by atoms with E-state index in [0.717, 1.165) is 16.8 Å². The number of ether oxygens (including phenoxy) is 3. The molecule has 0 fully saturated rings. The van der Waals surface area contributed by atoms with E-state index in [1.165, 1.54) is 0 Å². The number of para-hydroxylation sites is 1. The summed E-state index contributed by atoms with van der Waals surface area (Å²) in [6.45, 7) is 0.448. The van der Waals surface area contributed by atoms with E-state index in [9.17, 15) is 4.79 Å². The van der Waals surface area contributed by atoms with Crippen LogP contribution in [0.25, 0.3) is 0 Å². The molecule has 0 aliphatic carbocycles. The molecule has 30 heavy (non-hydrogen) atoms. The number of carbonyl (C=O) groups excluding carboxylic acids is 1. The SMILES string of the molecule is COc1ccc([C@@H]2Nc3ccccc3C(=O)N2Cc2ccccc2)c(OC)c1OC. The predicted molar refractivity (Wildman–Crippen MR) is 115 cm³/mol. The summed E-state index contributed by atoms with van der Waals surface area (Å²) in [5, 5.41) is 3.51. The van der Waals surface area contributed by atoms with Crippen molar-refractivity contribution in [1.29, 1.82) is 0 Å². The summed E-state index contributed by atoms with van der Waals surface area (Å²) in [5.74, 6) is 1.54. The molecule has 0 saturated heterocycles. The summed E-state index contributed by atoms with van der Waals surface area (Å²) in [5.41, 5.74) is 3.25. The molecule has 0 unspecified atom stereocenters. The van der Waals surface area contributed by atoms with Crippen LogP contribution in [0.2, 0.25) is 0 Å². The van der Waals surface area contributed by atoms with Crippen molar-refractivity contribution in [2.24, 2.45) is 0 Å². The minimum atomic E-state index is -0.442.